The van der Waals surface area contributed by atoms with Crippen LogP contribution in [0.15, 0.2) is 29.3 Å². The van der Waals surface area contributed by atoms with Crippen molar-refractivity contribution in [1.29, 1.82) is 0 Å². The lowest BCUT2D eigenvalue weighted by atomic mass is 10.0. The largest absolute Gasteiger partial charge is 0.399 e. The second-order valence-electron chi connectivity index (χ2n) is 13.8. The summed E-state index contributed by atoms with van der Waals surface area (Å²) in [6.07, 6.45) is 4.90. The van der Waals surface area contributed by atoms with Crippen LogP contribution < -0.4 is 44.2 Å². The van der Waals surface area contributed by atoms with Gasteiger partial charge in [-0.1, -0.05) is 19.1 Å². The zero-order valence-electron chi connectivity index (χ0n) is 31.1. The number of nitrogens with zero attached hydrogens (tertiary/aromatic N) is 3. The molecule has 0 aromatic heterocycles. The first-order valence-electron chi connectivity index (χ1n) is 18.7. The summed E-state index contributed by atoms with van der Waals surface area (Å²) in [7, 11) is 0. The monoisotopic (exact) mass is 741 g/mol. The highest BCUT2D eigenvalue weighted by Crippen LogP contribution is 2.26. The highest BCUT2D eigenvalue weighted by atomic mass is 16.2. The number of benzene rings is 1. The zero-order valence-corrected chi connectivity index (χ0v) is 31.1. The van der Waals surface area contributed by atoms with Crippen LogP contribution in [0.25, 0.3) is 0 Å². The third-order valence-corrected chi connectivity index (χ3v) is 9.49. The first-order chi connectivity index (χ1) is 25.3. The van der Waals surface area contributed by atoms with Gasteiger partial charge in [0.05, 0.1) is 6.54 Å². The maximum absolute atomic E-state index is 14.1. The van der Waals surface area contributed by atoms with E-state index >= 15 is 0 Å². The normalized spacial score (nSPS) is 18.4. The van der Waals surface area contributed by atoms with Crippen molar-refractivity contribution in [1.82, 2.24) is 31.1 Å². The lowest BCUT2D eigenvalue weighted by Crippen LogP contribution is -2.58. The fraction of sp³-hybridized carbons (Fsp3) is 0.639. The van der Waals surface area contributed by atoms with E-state index in [0.717, 1.165) is 5.56 Å². The summed E-state index contributed by atoms with van der Waals surface area (Å²) < 4.78 is 0. The minimum atomic E-state index is -1.01. The molecule has 12 N–H and O–H groups in total. The van der Waals surface area contributed by atoms with Crippen molar-refractivity contribution < 1.29 is 28.8 Å². The molecule has 5 atom stereocenters. The zero-order chi connectivity index (χ0) is 38.9. The predicted molar refractivity (Wildman–Crippen MR) is 202 cm³/mol. The van der Waals surface area contributed by atoms with E-state index in [0.29, 0.717) is 83.1 Å². The Morgan fingerprint density at radius 2 is 1.51 bits per heavy atom. The average molecular weight is 742 g/mol. The summed E-state index contributed by atoms with van der Waals surface area (Å²) in [6, 6.07) is 3.71. The molecule has 3 rings (SSSR count). The van der Waals surface area contributed by atoms with E-state index in [9.17, 15) is 28.8 Å². The number of likely N-dealkylation sites (tertiary alicyclic amines) is 2. The molecule has 1 aromatic rings. The van der Waals surface area contributed by atoms with Gasteiger partial charge in [0.1, 0.15) is 24.2 Å². The molecule has 0 aliphatic carbocycles. The number of guanidine groups is 1. The number of hydrogen-bond acceptors (Lipinski definition) is 9. The van der Waals surface area contributed by atoms with Gasteiger partial charge in [0.15, 0.2) is 5.96 Å². The molecule has 0 radical (unpaired) electrons. The maximum Gasteiger partial charge on any atom is 0.246 e. The molecule has 17 heteroatoms. The van der Waals surface area contributed by atoms with E-state index in [-0.39, 0.29) is 55.7 Å². The molecule has 2 saturated heterocycles. The third-order valence-electron chi connectivity index (χ3n) is 9.49. The van der Waals surface area contributed by atoms with Gasteiger partial charge in [-0.05, 0) is 95.4 Å². The topological polar surface area (TPSA) is 273 Å². The molecule has 53 heavy (non-hydrogen) atoms. The molecule has 0 spiro atoms. The minimum Gasteiger partial charge on any atom is -0.399 e. The first-order valence-corrected chi connectivity index (χ1v) is 18.7. The van der Waals surface area contributed by atoms with Crippen molar-refractivity contribution in [3.8, 4) is 0 Å². The van der Waals surface area contributed by atoms with Gasteiger partial charge in [-0.25, -0.2) is 0 Å². The number of anilines is 1. The number of carbonyl (C=O) groups is 6. The lowest BCUT2D eigenvalue weighted by molar-refractivity contribution is -0.148. The quantitative estimate of drug-likeness (QED) is 0.0349. The van der Waals surface area contributed by atoms with Gasteiger partial charge < -0.3 is 54.0 Å². The predicted octanol–water partition coefficient (Wildman–Crippen LogP) is -1.02. The summed E-state index contributed by atoms with van der Waals surface area (Å²) >= 11 is 0. The number of aliphatic imine (C=N–C) groups is 1. The summed E-state index contributed by atoms with van der Waals surface area (Å²) in [5.41, 5.74) is 24.0. The van der Waals surface area contributed by atoms with Crippen molar-refractivity contribution in [2.45, 2.75) is 115 Å². The van der Waals surface area contributed by atoms with Gasteiger partial charge in [0, 0.05) is 37.8 Å². The highest BCUT2D eigenvalue weighted by molar-refractivity contribution is 5.96. The van der Waals surface area contributed by atoms with Gasteiger partial charge in [-0.2, -0.15) is 0 Å². The van der Waals surface area contributed by atoms with Crippen LogP contribution in [0.4, 0.5) is 5.69 Å². The Kier molecular flexibility index (Phi) is 17.3. The number of nitrogens with two attached hydrogens (primary N) is 4. The second-order valence-corrected chi connectivity index (χ2v) is 13.8. The van der Waals surface area contributed by atoms with E-state index in [1.807, 2.05) is 19.1 Å². The first kappa shape index (κ1) is 42.5. The summed E-state index contributed by atoms with van der Waals surface area (Å²) in [5.74, 6) is -2.49. The van der Waals surface area contributed by atoms with E-state index in [1.165, 1.54) is 9.80 Å². The summed E-state index contributed by atoms with van der Waals surface area (Å²) in [5, 5.41) is 11.1. The van der Waals surface area contributed by atoms with E-state index in [1.54, 1.807) is 19.1 Å². The summed E-state index contributed by atoms with van der Waals surface area (Å²) in [4.78, 5) is 86.8. The van der Waals surface area contributed by atoms with Gasteiger partial charge in [-0.15, -0.1) is 0 Å². The maximum atomic E-state index is 14.1. The number of carbonyl (C=O) groups excluding carboxylic acids is 6. The summed E-state index contributed by atoms with van der Waals surface area (Å²) in [6.45, 7) is 4.59. The van der Waals surface area contributed by atoms with Crippen LogP contribution >= 0.6 is 0 Å². The molecular weight excluding hydrogens is 682 g/mol. The number of unbranched alkanes of at least 4 members (excludes halogenated alkanes) is 1. The Morgan fingerprint density at radius 3 is 2.17 bits per heavy atom. The van der Waals surface area contributed by atoms with Crippen molar-refractivity contribution in [2.75, 3.05) is 38.5 Å². The molecule has 2 aliphatic heterocycles. The Bertz CT molecular complexity index is 1440. The third kappa shape index (κ3) is 13.5. The Balaban J connectivity index is 1.65. The lowest BCUT2D eigenvalue weighted by Gasteiger charge is -2.33. The molecule has 17 nitrogen and oxygen atoms in total. The Hall–Kier alpha value is -4.93. The van der Waals surface area contributed by atoms with Crippen LogP contribution in [-0.2, 0) is 35.2 Å². The Morgan fingerprint density at radius 1 is 0.849 bits per heavy atom. The molecule has 2 aliphatic rings. The van der Waals surface area contributed by atoms with E-state index in [4.69, 9.17) is 22.9 Å². The van der Waals surface area contributed by atoms with Gasteiger partial charge in [0.2, 0.25) is 35.4 Å². The number of amides is 6. The number of nitrogens with one attached hydrogen (secondary N) is 4. The molecule has 0 bridgehead atoms. The molecule has 2 heterocycles. The molecule has 4 unspecified atom stereocenters. The standard InChI is InChI=1S/C36H59N11O6/c1-3-30(48)44-26(9-4-5-17-37)32(50)45-27(10-6-18-41-36(39)40)34(52)47-20-8-12-29(47)35(53)46-19-7-11-28(46)33(51)42-22-31(49)43-23(2)21-24-13-15-25(38)16-14-24/h13-16,23,26-29H,3-12,17-22,37-38H2,1-2H3,(H,42,51)(H,43,49)(H,44,48)(H,45,50)(H4,39,40,41)/t23?,26-,27?,28?,29?/m0/s1. The molecule has 1 aromatic carbocycles. The molecular formula is C36H59N11O6. The van der Waals surface area contributed by atoms with Crippen LogP contribution in [0.5, 0.6) is 0 Å². The van der Waals surface area contributed by atoms with Crippen LogP contribution in [0, 0.1) is 0 Å². The highest BCUT2D eigenvalue weighted by Gasteiger charge is 2.43. The fourth-order valence-corrected chi connectivity index (χ4v) is 6.74. The van der Waals surface area contributed by atoms with Crippen LogP contribution in [-0.4, -0.2) is 114 Å². The molecule has 294 valence electrons. The second kappa shape index (κ2) is 21.6. The molecule has 6 amide bonds. The van der Waals surface area contributed by atoms with Crippen LogP contribution in [0.2, 0.25) is 0 Å². The van der Waals surface area contributed by atoms with E-state index < -0.39 is 41.9 Å². The number of nitrogen functional groups attached to an aromatic ring is 1. The Labute approximate surface area is 311 Å². The van der Waals surface area contributed by atoms with Crippen molar-refractivity contribution in [3.05, 3.63) is 29.8 Å². The van der Waals surface area contributed by atoms with Crippen molar-refractivity contribution in [3.63, 3.8) is 0 Å². The average Bonchev–Trinajstić information content (AvgIpc) is 3.83. The number of rotatable bonds is 20. The van der Waals surface area contributed by atoms with Crippen LogP contribution in [0.1, 0.15) is 83.6 Å². The van der Waals surface area contributed by atoms with Gasteiger partial charge in [0.25, 0.3) is 0 Å². The molecule has 0 saturated carbocycles. The fourth-order valence-electron chi connectivity index (χ4n) is 6.74. The van der Waals surface area contributed by atoms with E-state index in [2.05, 4.69) is 26.3 Å². The van der Waals surface area contributed by atoms with Gasteiger partial charge in [-0.3, -0.25) is 33.8 Å². The number of hydrogen-bond donors (Lipinski definition) is 8. The van der Waals surface area contributed by atoms with Crippen molar-refractivity contribution in [2.24, 2.45) is 22.2 Å². The minimum absolute atomic E-state index is 0.0990. The smallest absolute Gasteiger partial charge is 0.246 e. The van der Waals surface area contributed by atoms with Crippen molar-refractivity contribution >= 4 is 47.1 Å². The SMILES string of the molecule is CCC(=O)N[C@@H](CCCCN)C(=O)NC(CCCN=C(N)N)C(=O)N1CCCC1C(=O)N1CCCC1C(=O)NCC(=O)NC(C)Cc1ccc(N)cc1. The molecule has 2 fully saturated rings. The van der Waals surface area contributed by atoms with Crippen LogP contribution in [0.3, 0.4) is 0 Å². The van der Waals surface area contributed by atoms with Gasteiger partial charge >= 0.3 is 0 Å².